The molecule has 0 aliphatic rings. The van der Waals surface area contributed by atoms with E-state index in [4.69, 9.17) is 52.1 Å². The van der Waals surface area contributed by atoms with Gasteiger partial charge in [0.2, 0.25) is 0 Å². The van der Waals surface area contributed by atoms with Crippen molar-refractivity contribution in [2.45, 2.75) is 110 Å². The van der Waals surface area contributed by atoms with Crippen molar-refractivity contribution >= 4 is 69.5 Å². The molecule has 0 heterocycles. The number of Topliss-reactive ketones (excluding diaryl/α,β-unsaturated/α-hetero) is 3. The van der Waals surface area contributed by atoms with Crippen molar-refractivity contribution in [2.24, 2.45) is 17.6 Å². The van der Waals surface area contributed by atoms with Crippen molar-refractivity contribution in [3.05, 3.63) is 152 Å². The van der Waals surface area contributed by atoms with Crippen molar-refractivity contribution in [3.8, 4) is 0 Å². The minimum Gasteiger partial charge on any atom is -0.322 e. The van der Waals surface area contributed by atoms with Crippen LogP contribution in [-0.4, -0.2) is 41.8 Å². The first-order chi connectivity index (χ1) is 28.6. The molecule has 2 atom stereocenters. The van der Waals surface area contributed by atoms with Crippen molar-refractivity contribution in [1.29, 1.82) is 0 Å². The molecular formula is C50H62Cl4N2O4. The predicted octanol–water partition coefficient (Wildman–Crippen LogP) is 12.3. The molecule has 6 nitrogen and oxygen atoms in total. The Labute approximate surface area is 378 Å². The van der Waals surface area contributed by atoms with Gasteiger partial charge >= 0.3 is 0 Å². The normalized spacial score (nSPS) is 11.8. The van der Waals surface area contributed by atoms with E-state index in [0.29, 0.717) is 83.4 Å². The Balaban J connectivity index is 0.000000348. The van der Waals surface area contributed by atoms with Crippen molar-refractivity contribution < 1.29 is 19.2 Å². The van der Waals surface area contributed by atoms with Crippen molar-refractivity contribution in [3.63, 3.8) is 0 Å². The molecule has 0 amide bonds. The van der Waals surface area contributed by atoms with Gasteiger partial charge in [0.15, 0.2) is 5.78 Å². The number of nitrogens with two attached hydrogens (primary N) is 1. The van der Waals surface area contributed by atoms with Crippen LogP contribution in [0.4, 0.5) is 0 Å². The highest BCUT2D eigenvalue weighted by Gasteiger charge is 2.20. The van der Waals surface area contributed by atoms with Gasteiger partial charge in [0, 0.05) is 38.6 Å². The van der Waals surface area contributed by atoms with Gasteiger partial charge in [0.25, 0.3) is 0 Å². The first-order valence-electron chi connectivity index (χ1n) is 20.7. The molecule has 0 spiro atoms. The molecule has 0 fully saturated rings. The lowest BCUT2D eigenvalue weighted by molar-refractivity contribution is -0.122. The number of benzene rings is 4. The maximum atomic E-state index is 12.8. The molecule has 324 valence electrons. The Morgan fingerprint density at radius 3 is 1.47 bits per heavy atom. The summed E-state index contributed by atoms with van der Waals surface area (Å²) in [6.45, 7) is 12.3. The summed E-state index contributed by atoms with van der Waals surface area (Å²) < 4.78 is 0. The number of hydrogen-bond donors (Lipinski definition) is 2. The van der Waals surface area contributed by atoms with Crippen LogP contribution in [0.3, 0.4) is 0 Å². The highest BCUT2D eigenvalue weighted by molar-refractivity contribution is 6.42. The predicted molar refractivity (Wildman–Crippen MR) is 253 cm³/mol. The Kier molecular flexibility index (Phi) is 25.9. The number of aryl methyl sites for hydroxylation is 4. The molecule has 0 radical (unpaired) electrons. The van der Waals surface area contributed by atoms with E-state index in [1.54, 1.807) is 18.2 Å². The number of carbonyl (C=O) groups is 4. The molecule has 0 aliphatic carbocycles. The highest BCUT2D eigenvalue weighted by atomic mass is 35.5. The second-order valence-corrected chi connectivity index (χ2v) is 17.4. The summed E-state index contributed by atoms with van der Waals surface area (Å²) in [6.07, 6.45) is 8.16. The zero-order valence-corrected chi connectivity index (χ0v) is 38.6. The van der Waals surface area contributed by atoms with Gasteiger partial charge in [-0.2, -0.15) is 0 Å². The van der Waals surface area contributed by atoms with Gasteiger partial charge in [0.05, 0.1) is 32.2 Å². The summed E-state index contributed by atoms with van der Waals surface area (Å²) in [5, 5.41) is 5.39. The smallest absolute Gasteiger partial charge is 0.155 e. The Hall–Kier alpha value is -3.62. The lowest BCUT2D eigenvalue weighted by atomic mass is 9.96. The van der Waals surface area contributed by atoms with Crippen molar-refractivity contribution in [1.82, 2.24) is 5.32 Å². The first kappa shape index (κ1) is 52.5. The number of hydrogen-bond acceptors (Lipinski definition) is 6. The molecule has 0 unspecified atom stereocenters. The van der Waals surface area contributed by atoms with Crippen LogP contribution in [0.15, 0.2) is 110 Å². The van der Waals surface area contributed by atoms with Crippen LogP contribution < -0.4 is 11.1 Å². The number of carbonyl (C=O) groups excluding carboxylic acids is 4. The van der Waals surface area contributed by atoms with E-state index in [1.165, 1.54) is 17.2 Å². The van der Waals surface area contributed by atoms with E-state index >= 15 is 0 Å². The summed E-state index contributed by atoms with van der Waals surface area (Å²) in [7, 11) is 0. The summed E-state index contributed by atoms with van der Waals surface area (Å²) >= 11 is 23.8. The third-order valence-corrected chi connectivity index (χ3v) is 11.1. The molecule has 4 aromatic rings. The quantitative estimate of drug-likeness (QED) is 0.0718. The van der Waals surface area contributed by atoms with Gasteiger partial charge in [-0.25, -0.2) is 0 Å². The lowest BCUT2D eigenvalue weighted by Crippen LogP contribution is -2.39. The monoisotopic (exact) mass is 894 g/mol. The molecule has 0 bridgehead atoms. The fourth-order valence-electron chi connectivity index (χ4n) is 6.18. The zero-order valence-electron chi connectivity index (χ0n) is 35.5. The molecule has 10 heteroatoms. The van der Waals surface area contributed by atoms with Crippen LogP contribution in [0.2, 0.25) is 20.1 Å². The van der Waals surface area contributed by atoms with E-state index in [1.807, 2.05) is 78.9 Å². The number of ketones is 4. The van der Waals surface area contributed by atoms with Crippen LogP contribution in [0.5, 0.6) is 0 Å². The van der Waals surface area contributed by atoms with Crippen LogP contribution >= 0.6 is 46.4 Å². The van der Waals surface area contributed by atoms with Crippen LogP contribution in [0.1, 0.15) is 94.9 Å². The zero-order chi connectivity index (χ0) is 44.5. The molecule has 3 N–H and O–H groups in total. The van der Waals surface area contributed by atoms with Crippen LogP contribution in [-0.2, 0) is 44.9 Å². The van der Waals surface area contributed by atoms with Crippen molar-refractivity contribution in [2.75, 3.05) is 6.54 Å². The van der Waals surface area contributed by atoms with Gasteiger partial charge in [-0.1, -0.05) is 153 Å². The van der Waals surface area contributed by atoms with Gasteiger partial charge in [-0.15, -0.1) is 0 Å². The summed E-state index contributed by atoms with van der Waals surface area (Å²) in [5.41, 5.74) is 10.2. The van der Waals surface area contributed by atoms with Gasteiger partial charge in [-0.3, -0.25) is 19.2 Å². The summed E-state index contributed by atoms with van der Waals surface area (Å²) in [5.74, 6) is 1.44. The molecule has 4 rings (SSSR count). The second-order valence-electron chi connectivity index (χ2n) is 15.7. The van der Waals surface area contributed by atoms with Gasteiger partial charge in [0.1, 0.15) is 17.3 Å². The van der Waals surface area contributed by atoms with E-state index < -0.39 is 0 Å². The van der Waals surface area contributed by atoms with E-state index in [2.05, 4.69) is 39.6 Å². The van der Waals surface area contributed by atoms with E-state index in [0.717, 1.165) is 36.8 Å². The third-order valence-electron chi connectivity index (χ3n) is 9.58. The third kappa shape index (κ3) is 22.8. The Morgan fingerprint density at radius 1 is 0.567 bits per heavy atom. The molecule has 0 aromatic heterocycles. The van der Waals surface area contributed by atoms with Crippen LogP contribution in [0.25, 0.3) is 0 Å². The molecule has 60 heavy (non-hydrogen) atoms. The maximum absolute atomic E-state index is 12.8. The topological polar surface area (TPSA) is 106 Å². The Bertz CT molecular complexity index is 1920. The molecule has 0 saturated heterocycles. The molecule has 0 aliphatic heterocycles. The average molecular weight is 897 g/mol. The molecule has 4 aromatic carbocycles. The number of allylic oxidation sites excluding steroid dienone is 1. The number of halogens is 4. The standard InChI is InChI=1S/C25H31Cl2NO2.C14H19Cl2NO.C11H12O/c1-18(2)16-24(25(30)13-10-20-9-12-22(26)23(27)17-20)28-15-14-21(29)11-8-19-6-4-3-5-7-19;1-9(2)7-13(17)14(18)6-4-10-3-5-11(15)12(16)8-10;1-2-11(12)9-8-10-6-4-3-5-7-10/h3-7,9,12,17-18,24,28H,8,10-11,13-16H2,1-2H3;3,5,8-9,13H,4,6-7,17H2,1-2H3;2-7H,1,8-9H2/t24-;13-;/m11./s1. The first-order valence-corrected chi connectivity index (χ1v) is 22.3. The van der Waals surface area contributed by atoms with Gasteiger partial charge < -0.3 is 11.1 Å². The Morgan fingerprint density at radius 2 is 1.02 bits per heavy atom. The maximum Gasteiger partial charge on any atom is 0.155 e. The molecular weight excluding hydrogens is 834 g/mol. The minimum absolute atomic E-state index is 0.106. The second kappa shape index (κ2) is 29.6. The van der Waals surface area contributed by atoms with Gasteiger partial charge in [-0.05, 0) is 103 Å². The summed E-state index contributed by atoms with van der Waals surface area (Å²) in [6, 6.07) is 30.3. The molecule has 0 saturated carbocycles. The van der Waals surface area contributed by atoms with E-state index in [-0.39, 0.29) is 35.2 Å². The number of nitrogens with one attached hydrogen (secondary N) is 1. The summed E-state index contributed by atoms with van der Waals surface area (Å²) in [4.78, 5) is 47.7. The van der Waals surface area contributed by atoms with E-state index in [9.17, 15) is 19.2 Å². The average Bonchev–Trinajstić information content (AvgIpc) is 3.23. The van der Waals surface area contributed by atoms with Crippen LogP contribution in [0, 0.1) is 11.8 Å². The fourth-order valence-corrected chi connectivity index (χ4v) is 6.82. The largest absolute Gasteiger partial charge is 0.322 e. The SMILES string of the molecule is C=CC(=O)CCc1ccccc1.CC(C)C[C@@H](N)C(=O)CCc1ccc(Cl)c(Cl)c1.CC(C)C[C@@H](NCCC(=O)CCc1ccccc1)C(=O)CCc1ccc(Cl)c(Cl)c1. The highest BCUT2D eigenvalue weighted by Crippen LogP contribution is 2.24. The minimum atomic E-state index is -0.354. The fraction of sp³-hybridized carbons (Fsp3) is 0.400. The lowest BCUT2D eigenvalue weighted by Gasteiger charge is -2.19. The number of rotatable bonds is 23.